The summed E-state index contributed by atoms with van der Waals surface area (Å²) in [6.07, 6.45) is -4.37. The molecule has 0 aliphatic heterocycles. The Balaban J connectivity index is 5.41. The van der Waals surface area contributed by atoms with Crippen molar-refractivity contribution in [3.05, 3.63) is 0 Å². The molecule has 8 heteroatoms. The van der Waals surface area contributed by atoms with E-state index in [1.54, 1.807) is 6.92 Å². The van der Waals surface area contributed by atoms with Crippen molar-refractivity contribution in [1.82, 2.24) is 4.90 Å². The molecule has 0 bridgehead atoms. The second-order valence-corrected chi connectivity index (χ2v) is 4.81. The Kier molecular flexibility index (Phi) is 5.64. The Hall–Kier alpha value is -1.47. The Morgan fingerprint density at radius 3 is 2.16 bits per heavy atom. The molecule has 0 aromatic heterocycles. The van der Waals surface area contributed by atoms with Crippen molar-refractivity contribution in [3.63, 3.8) is 0 Å². The van der Waals surface area contributed by atoms with Crippen LogP contribution in [-0.4, -0.2) is 40.6 Å². The summed E-state index contributed by atoms with van der Waals surface area (Å²) in [5.41, 5.74) is 3.98. The Bertz CT molecular complexity index is 356. The minimum Gasteiger partial charge on any atom is -0.409 e. The number of amidine groups is 1. The van der Waals surface area contributed by atoms with Gasteiger partial charge in [0.25, 0.3) is 0 Å². The van der Waals surface area contributed by atoms with Crippen LogP contribution in [0.1, 0.15) is 34.1 Å². The molecule has 0 aromatic rings. The highest BCUT2D eigenvalue weighted by Gasteiger charge is 2.43. The van der Waals surface area contributed by atoms with Crippen LogP contribution in [0.3, 0.4) is 0 Å². The summed E-state index contributed by atoms with van der Waals surface area (Å²) < 4.78 is 37.5. The fraction of sp³-hybridized carbons (Fsp3) is 0.818. The lowest BCUT2D eigenvalue weighted by Gasteiger charge is -2.35. The molecule has 0 spiro atoms. The second-order valence-electron chi connectivity index (χ2n) is 4.81. The van der Waals surface area contributed by atoms with Gasteiger partial charge in [0, 0.05) is 6.04 Å². The first-order valence-electron chi connectivity index (χ1n) is 5.85. The number of halogens is 3. The largest absolute Gasteiger partial charge is 0.409 e. The Morgan fingerprint density at radius 2 is 1.89 bits per heavy atom. The maximum absolute atomic E-state index is 12.5. The van der Waals surface area contributed by atoms with Crippen LogP contribution in [0.4, 0.5) is 13.2 Å². The van der Waals surface area contributed by atoms with Crippen molar-refractivity contribution in [2.45, 2.75) is 46.3 Å². The summed E-state index contributed by atoms with van der Waals surface area (Å²) in [5, 5.41) is 11.4. The lowest BCUT2D eigenvalue weighted by molar-refractivity contribution is -0.168. The normalized spacial score (nSPS) is 16.3. The zero-order valence-corrected chi connectivity index (χ0v) is 11.5. The highest BCUT2D eigenvalue weighted by molar-refractivity contribution is 6.06. The van der Waals surface area contributed by atoms with Gasteiger partial charge in [0.2, 0.25) is 5.91 Å². The molecule has 0 heterocycles. The number of amides is 1. The van der Waals surface area contributed by atoms with Gasteiger partial charge < -0.3 is 15.8 Å². The van der Waals surface area contributed by atoms with Crippen molar-refractivity contribution < 1.29 is 23.2 Å². The molecule has 0 aromatic carbocycles. The first-order valence-corrected chi connectivity index (χ1v) is 5.85. The van der Waals surface area contributed by atoms with Crippen molar-refractivity contribution in [3.8, 4) is 0 Å². The first-order chi connectivity index (χ1) is 8.49. The number of alkyl halides is 3. The quantitative estimate of drug-likeness (QED) is 0.350. The van der Waals surface area contributed by atoms with Crippen LogP contribution in [0, 0.1) is 5.41 Å². The second kappa shape index (κ2) is 6.12. The number of rotatable bonds is 5. The fourth-order valence-electron chi connectivity index (χ4n) is 1.55. The van der Waals surface area contributed by atoms with Crippen molar-refractivity contribution >= 4 is 11.7 Å². The third-order valence-corrected chi connectivity index (χ3v) is 3.09. The molecule has 3 N–H and O–H groups in total. The van der Waals surface area contributed by atoms with Gasteiger partial charge in [-0.05, 0) is 27.2 Å². The van der Waals surface area contributed by atoms with Crippen molar-refractivity contribution in [1.29, 1.82) is 0 Å². The van der Waals surface area contributed by atoms with E-state index in [2.05, 4.69) is 5.16 Å². The van der Waals surface area contributed by atoms with Crippen LogP contribution in [0.2, 0.25) is 0 Å². The van der Waals surface area contributed by atoms with E-state index in [-0.39, 0.29) is 6.42 Å². The molecule has 1 amide bonds. The molecule has 0 aliphatic carbocycles. The standard InChI is InChI=1S/C11H20F3N3O2/c1-5-10(4,8(15)16-19)9(18)17(7(2)3)6-11(12,13)14/h7,19H,5-6H2,1-4H3,(H2,15,16). The molecule has 0 rings (SSSR count). The number of hydrogen-bond donors (Lipinski definition) is 2. The van der Waals surface area contributed by atoms with Crippen LogP contribution < -0.4 is 5.73 Å². The minimum atomic E-state index is -4.50. The molecule has 1 unspecified atom stereocenters. The highest BCUT2D eigenvalue weighted by atomic mass is 19.4. The topological polar surface area (TPSA) is 78.9 Å². The summed E-state index contributed by atoms with van der Waals surface area (Å²) in [4.78, 5) is 13.0. The monoisotopic (exact) mass is 283 g/mol. The van der Waals surface area contributed by atoms with Crippen LogP contribution in [0.15, 0.2) is 5.16 Å². The maximum Gasteiger partial charge on any atom is 0.406 e. The molecule has 0 fully saturated rings. The summed E-state index contributed by atoms with van der Waals surface area (Å²) in [7, 11) is 0. The zero-order chi connectivity index (χ0) is 15.4. The van der Waals surface area contributed by atoms with Crippen LogP contribution in [0.25, 0.3) is 0 Å². The minimum absolute atomic E-state index is 0.128. The Morgan fingerprint density at radius 1 is 1.42 bits per heavy atom. The number of hydrogen-bond acceptors (Lipinski definition) is 3. The molecule has 0 aliphatic rings. The summed E-state index contributed by atoms with van der Waals surface area (Å²) in [5.74, 6) is -1.20. The number of carbonyl (C=O) groups is 1. The van der Waals surface area contributed by atoms with E-state index < -0.39 is 35.9 Å². The van der Waals surface area contributed by atoms with E-state index in [4.69, 9.17) is 10.9 Å². The van der Waals surface area contributed by atoms with Crippen LogP contribution in [-0.2, 0) is 4.79 Å². The van der Waals surface area contributed by atoms with E-state index in [9.17, 15) is 18.0 Å². The molecule has 19 heavy (non-hydrogen) atoms. The van der Waals surface area contributed by atoms with Crippen LogP contribution in [0.5, 0.6) is 0 Å². The highest BCUT2D eigenvalue weighted by Crippen LogP contribution is 2.28. The van der Waals surface area contributed by atoms with Gasteiger partial charge in [0.1, 0.15) is 12.0 Å². The van der Waals surface area contributed by atoms with E-state index >= 15 is 0 Å². The van der Waals surface area contributed by atoms with Gasteiger partial charge in [-0.25, -0.2) is 0 Å². The maximum atomic E-state index is 12.5. The lowest BCUT2D eigenvalue weighted by atomic mass is 9.84. The van der Waals surface area contributed by atoms with Gasteiger partial charge >= 0.3 is 6.18 Å². The summed E-state index contributed by atoms with van der Waals surface area (Å²) in [6.45, 7) is 4.54. The lowest BCUT2D eigenvalue weighted by Crippen LogP contribution is -2.53. The number of carbonyl (C=O) groups excluding carboxylic acids is 1. The molecule has 112 valence electrons. The predicted molar refractivity (Wildman–Crippen MR) is 64.7 cm³/mol. The van der Waals surface area contributed by atoms with E-state index in [0.717, 1.165) is 0 Å². The van der Waals surface area contributed by atoms with E-state index in [1.165, 1.54) is 20.8 Å². The third kappa shape index (κ3) is 4.29. The average molecular weight is 283 g/mol. The molecule has 0 radical (unpaired) electrons. The first kappa shape index (κ1) is 17.5. The van der Waals surface area contributed by atoms with Gasteiger partial charge in [0.15, 0.2) is 5.84 Å². The number of nitrogens with two attached hydrogens (primary N) is 1. The summed E-state index contributed by atoms with van der Waals surface area (Å²) >= 11 is 0. The average Bonchev–Trinajstić information content (AvgIpc) is 2.31. The van der Waals surface area contributed by atoms with Crippen molar-refractivity contribution in [2.24, 2.45) is 16.3 Å². The molecular formula is C11H20F3N3O2. The van der Waals surface area contributed by atoms with E-state index in [1.807, 2.05) is 0 Å². The van der Waals surface area contributed by atoms with Gasteiger partial charge in [-0.2, -0.15) is 13.2 Å². The van der Waals surface area contributed by atoms with Gasteiger partial charge in [0.05, 0.1) is 0 Å². The molecule has 0 saturated heterocycles. The van der Waals surface area contributed by atoms with Gasteiger partial charge in [-0.15, -0.1) is 0 Å². The van der Waals surface area contributed by atoms with Crippen LogP contribution >= 0.6 is 0 Å². The third-order valence-electron chi connectivity index (χ3n) is 3.09. The smallest absolute Gasteiger partial charge is 0.406 e. The van der Waals surface area contributed by atoms with Gasteiger partial charge in [-0.3, -0.25) is 4.79 Å². The van der Waals surface area contributed by atoms with E-state index in [0.29, 0.717) is 4.90 Å². The Labute approximate surface area is 110 Å². The number of nitrogens with zero attached hydrogens (tertiary/aromatic N) is 2. The van der Waals surface area contributed by atoms with Crippen molar-refractivity contribution in [2.75, 3.05) is 6.54 Å². The fourth-order valence-corrected chi connectivity index (χ4v) is 1.55. The summed E-state index contributed by atoms with van der Waals surface area (Å²) in [6, 6.07) is -0.647. The number of oxime groups is 1. The zero-order valence-electron chi connectivity index (χ0n) is 11.5. The molecule has 0 saturated carbocycles. The SMILES string of the molecule is CCC(C)(C(=O)N(CC(F)(F)F)C(C)C)C(N)=NO. The molecular weight excluding hydrogens is 263 g/mol. The van der Waals surface area contributed by atoms with Gasteiger partial charge in [-0.1, -0.05) is 12.1 Å². The molecule has 5 nitrogen and oxygen atoms in total. The molecule has 1 atom stereocenters. The predicted octanol–water partition coefficient (Wildman–Crippen LogP) is 1.95.